The molecular weight excluding hydrogens is 268 g/mol. The van der Waals surface area contributed by atoms with Crippen LogP contribution in [0.1, 0.15) is 32.3 Å². The number of nitrogens with zero attached hydrogens (tertiary/aromatic N) is 2. The Bertz CT molecular complexity index is 590. The van der Waals surface area contributed by atoms with Gasteiger partial charge in [-0.25, -0.2) is 4.79 Å². The third kappa shape index (κ3) is 2.80. The Morgan fingerprint density at radius 3 is 2.81 bits per heavy atom. The molecule has 5 heteroatoms. The summed E-state index contributed by atoms with van der Waals surface area (Å²) in [5.41, 5.74) is 0.761. The van der Waals surface area contributed by atoms with Gasteiger partial charge in [-0.15, -0.1) is 0 Å². The third-order valence-corrected chi connectivity index (χ3v) is 4.14. The van der Waals surface area contributed by atoms with Gasteiger partial charge >= 0.3 is 5.97 Å². The van der Waals surface area contributed by atoms with Crippen molar-refractivity contribution < 1.29 is 14.6 Å². The minimum Gasteiger partial charge on any atom is -0.497 e. The summed E-state index contributed by atoms with van der Waals surface area (Å²) in [4.78, 5) is 13.6. The molecule has 1 aliphatic heterocycles. The van der Waals surface area contributed by atoms with Gasteiger partial charge in [-0.2, -0.15) is 5.26 Å². The number of carboxylic acids is 1. The normalized spacial score (nSPS) is 20.7. The number of methoxy groups -OCH3 is 1. The van der Waals surface area contributed by atoms with Crippen LogP contribution < -0.4 is 9.64 Å². The molecule has 1 unspecified atom stereocenters. The van der Waals surface area contributed by atoms with Crippen molar-refractivity contribution in [3.05, 3.63) is 23.8 Å². The molecule has 0 spiro atoms. The van der Waals surface area contributed by atoms with Gasteiger partial charge in [0.2, 0.25) is 0 Å². The van der Waals surface area contributed by atoms with Gasteiger partial charge in [-0.3, -0.25) is 0 Å². The van der Waals surface area contributed by atoms with Crippen LogP contribution in [0.4, 0.5) is 5.69 Å². The fourth-order valence-electron chi connectivity index (χ4n) is 3.09. The Morgan fingerprint density at radius 1 is 1.52 bits per heavy atom. The van der Waals surface area contributed by atoms with E-state index in [4.69, 9.17) is 4.74 Å². The van der Waals surface area contributed by atoms with Gasteiger partial charge in [0.25, 0.3) is 0 Å². The van der Waals surface area contributed by atoms with Crippen LogP contribution in [-0.4, -0.2) is 30.8 Å². The van der Waals surface area contributed by atoms with E-state index in [1.165, 1.54) is 0 Å². The zero-order valence-electron chi connectivity index (χ0n) is 12.6. The lowest BCUT2D eigenvalue weighted by Gasteiger charge is -2.45. The molecule has 1 atom stereocenters. The number of carbonyl (C=O) groups is 1. The molecule has 0 aliphatic carbocycles. The lowest BCUT2D eigenvalue weighted by Crippen LogP contribution is -2.54. The molecule has 21 heavy (non-hydrogen) atoms. The molecule has 0 amide bonds. The first-order chi connectivity index (χ1) is 9.90. The number of piperidine rings is 1. The molecule has 5 nitrogen and oxygen atoms in total. The number of anilines is 1. The highest BCUT2D eigenvalue weighted by Crippen LogP contribution is 2.39. The number of ether oxygens (including phenoxy) is 1. The van der Waals surface area contributed by atoms with Crippen molar-refractivity contribution in [3.63, 3.8) is 0 Å². The average molecular weight is 288 g/mol. The van der Waals surface area contributed by atoms with E-state index in [0.717, 1.165) is 12.8 Å². The van der Waals surface area contributed by atoms with Crippen LogP contribution in [-0.2, 0) is 4.79 Å². The predicted molar refractivity (Wildman–Crippen MR) is 79.5 cm³/mol. The summed E-state index contributed by atoms with van der Waals surface area (Å²) in [5, 5.41) is 18.9. The van der Waals surface area contributed by atoms with Crippen molar-refractivity contribution >= 4 is 11.7 Å². The summed E-state index contributed by atoms with van der Waals surface area (Å²) in [6.45, 7) is 4.55. The standard InChI is InChI=1S/C16H20N2O3/c1-16(2)7-4-8-18(14(16)15(19)20)13-9-12(21-3)6-5-11(13)10-17/h5-6,9,14H,4,7-8H2,1-3H3,(H,19,20). The van der Waals surface area contributed by atoms with Crippen LogP contribution >= 0.6 is 0 Å². The summed E-state index contributed by atoms with van der Waals surface area (Å²) < 4.78 is 5.21. The quantitative estimate of drug-likeness (QED) is 0.925. The lowest BCUT2D eigenvalue weighted by molar-refractivity contribution is -0.142. The highest BCUT2D eigenvalue weighted by molar-refractivity contribution is 5.81. The Balaban J connectivity index is 2.53. The zero-order valence-corrected chi connectivity index (χ0v) is 12.6. The Morgan fingerprint density at radius 2 is 2.24 bits per heavy atom. The van der Waals surface area contributed by atoms with Crippen molar-refractivity contribution in [2.24, 2.45) is 5.41 Å². The van der Waals surface area contributed by atoms with Crippen molar-refractivity contribution in [2.75, 3.05) is 18.6 Å². The first-order valence-electron chi connectivity index (χ1n) is 6.98. The SMILES string of the molecule is COc1ccc(C#N)c(N2CCCC(C)(C)C2C(=O)O)c1. The summed E-state index contributed by atoms with van der Waals surface area (Å²) in [6.07, 6.45) is 1.76. The van der Waals surface area contributed by atoms with E-state index in [0.29, 0.717) is 23.5 Å². The van der Waals surface area contributed by atoms with E-state index in [2.05, 4.69) is 6.07 Å². The molecule has 0 radical (unpaired) electrons. The monoisotopic (exact) mass is 288 g/mol. The first-order valence-corrected chi connectivity index (χ1v) is 6.98. The molecule has 1 N–H and O–H groups in total. The number of rotatable bonds is 3. The Labute approximate surface area is 124 Å². The highest BCUT2D eigenvalue weighted by atomic mass is 16.5. The molecular formula is C16H20N2O3. The topological polar surface area (TPSA) is 73.6 Å². The number of hydrogen-bond acceptors (Lipinski definition) is 4. The van der Waals surface area contributed by atoms with Crippen molar-refractivity contribution in [2.45, 2.75) is 32.7 Å². The maximum atomic E-state index is 11.8. The van der Waals surface area contributed by atoms with E-state index < -0.39 is 12.0 Å². The average Bonchev–Trinajstić information content (AvgIpc) is 2.44. The smallest absolute Gasteiger partial charge is 0.326 e. The molecule has 1 aromatic rings. The van der Waals surface area contributed by atoms with Crippen molar-refractivity contribution in [1.29, 1.82) is 5.26 Å². The van der Waals surface area contributed by atoms with Crippen LogP contribution in [0.2, 0.25) is 0 Å². The van der Waals surface area contributed by atoms with Crippen LogP contribution in [0.25, 0.3) is 0 Å². The number of carboxylic acid groups (broad SMARTS) is 1. The van der Waals surface area contributed by atoms with Gasteiger partial charge < -0.3 is 14.7 Å². The minimum absolute atomic E-state index is 0.347. The third-order valence-electron chi connectivity index (χ3n) is 4.14. The fourth-order valence-corrected chi connectivity index (χ4v) is 3.09. The van der Waals surface area contributed by atoms with Gasteiger partial charge in [-0.05, 0) is 30.4 Å². The first kappa shape index (κ1) is 15.2. The number of nitriles is 1. The van der Waals surface area contributed by atoms with E-state index in [1.54, 1.807) is 25.3 Å². The minimum atomic E-state index is -0.855. The molecule has 1 aromatic carbocycles. The molecule has 1 heterocycles. The maximum Gasteiger partial charge on any atom is 0.326 e. The summed E-state index contributed by atoms with van der Waals surface area (Å²) in [5.74, 6) is -0.233. The Kier molecular flexibility index (Phi) is 4.08. The molecule has 1 fully saturated rings. The van der Waals surface area contributed by atoms with Gasteiger partial charge in [-0.1, -0.05) is 13.8 Å². The molecule has 0 saturated carbocycles. The lowest BCUT2D eigenvalue weighted by atomic mass is 9.76. The number of aliphatic carboxylic acids is 1. The molecule has 0 bridgehead atoms. The number of benzene rings is 1. The van der Waals surface area contributed by atoms with E-state index in [-0.39, 0.29) is 5.41 Å². The fraction of sp³-hybridized carbons (Fsp3) is 0.500. The van der Waals surface area contributed by atoms with Crippen LogP contribution in [0, 0.1) is 16.7 Å². The van der Waals surface area contributed by atoms with E-state index in [1.807, 2.05) is 18.7 Å². The van der Waals surface area contributed by atoms with Gasteiger partial charge in [0.15, 0.2) is 0 Å². The predicted octanol–water partition coefficient (Wildman–Crippen LogP) is 2.65. The van der Waals surface area contributed by atoms with Crippen LogP contribution in [0.3, 0.4) is 0 Å². The van der Waals surface area contributed by atoms with Gasteiger partial charge in [0, 0.05) is 12.6 Å². The molecule has 112 valence electrons. The molecule has 1 saturated heterocycles. The van der Waals surface area contributed by atoms with E-state index >= 15 is 0 Å². The zero-order chi connectivity index (χ0) is 15.6. The van der Waals surface area contributed by atoms with Gasteiger partial charge in [0.1, 0.15) is 17.9 Å². The second-order valence-electron chi connectivity index (χ2n) is 6.02. The number of hydrogen-bond donors (Lipinski definition) is 1. The van der Waals surface area contributed by atoms with Crippen molar-refractivity contribution in [1.82, 2.24) is 0 Å². The van der Waals surface area contributed by atoms with E-state index in [9.17, 15) is 15.2 Å². The summed E-state index contributed by atoms with van der Waals surface area (Å²) >= 11 is 0. The largest absolute Gasteiger partial charge is 0.497 e. The Hall–Kier alpha value is -2.22. The molecule has 2 rings (SSSR count). The summed E-state index contributed by atoms with van der Waals surface area (Å²) in [6, 6.07) is 6.63. The molecule has 1 aliphatic rings. The van der Waals surface area contributed by atoms with Crippen LogP contribution in [0.5, 0.6) is 5.75 Å². The second kappa shape index (κ2) is 5.65. The van der Waals surface area contributed by atoms with Crippen molar-refractivity contribution in [3.8, 4) is 11.8 Å². The molecule has 0 aromatic heterocycles. The van der Waals surface area contributed by atoms with Crippen LogP contribution in [0.15, 0.2) is 18.2 Å². The highest BCUT2D eigenvalue weighted by Gasteiger charge is 2.43. The maximum absolute atomic E-state index is 11.8. The van der Waals surface area contributed by atoms with Gasteiger partial charge in [0.05, 0.1) is 18.4 Å². The summed E-state index contributed by atoms with van der Waals surface area (Å²) in [7, 11) is 1.56. The second-order valence-corrected chi connectivity index (χ2v) is 6.02.